The number of benzene rings is 1. The third-order valence-electron chi connectivity index (χ3n) is 3.25. The van der Waals surface area contributed by atoms with E-state index in [1.807, 2.05) is 39.8 Å². The molecule has 0 aliphatic carbocycles. The Kier molecular flexibility index (Phi) is 3.73. The Balaban J connectivity index is 2.05. The average molecular weight is 298 g/mol. The maximum atomic E-state index is 11.9. The van der Waals surface area contributed by atoms with Gasteiger partial charge in [0.15, 0.2) is 0 Å². The first-order valence-electron chi connectivity index (χ1n) is 6.58. The fourth-order valence-corrected chi connectivity index (χ4v) is 2.59. The number of aryl methyl sites for hydroxylation is 1. The first kappa shape index (κ1) is 15.1. The van der Waals surface area contributed by atoms with Gasteiger partial charge in [-0.05, 0) is 51.0 Å². The number of hydrogen-bond acceptors (Lipinski definition) is 3. The summed E-state index contributed by atoms with van der Waals surface area (Å²) in [7, 11) is 0. The summed E-state index contributed by atoms with van der Waals surface area (Å²) in [5.74, 6) is 0. The number of ether oxygens (including phenoxy) is 1. The third-order valence-corrected chi connectivity index (χ3v) is 3.48. The summed E-state index contributed by atoms with van der Waals surface area (Å²) in [4.78, 5) is 13.4. The van der Waals surface area contributed by atoms with Crippen molar-refractivity contribution in [2.75, 3.05) is 13.1 Å². The lowest BCUT2D eigenvalue weighted by atomic mass is 9.84. The lowest BCUT2D eigenvalue weighted by molar-refractivity contribution is -0.104. The van der Waals surface area contributed by atoms with Crippen LogP contribution in [0.3, 0.4) is 0 Å². The Hall–Kier alpha value is -1.26. The molecule has 1 fully saturated rings. The second-order valence-corrected chi connectivity index (χ2v) is 6.76. The van der Waals surface area contributed by atoms with E-state index in [4.69, 9.17) is 16.3 Å². The van der Waals surface area contributed by atoms with Crippen LogP contribution in [-0.4, -0.2) is 34.8 Å². The highest BCUT2D eigenvalue weighted by atomic mass is 35.5. The normalized spacial score (nSPS) is 17.6. The van der Waals surface area contributed by atoms with Crippen LogP contribution in [-0.2, 0) is 10.3 Å². The SMILES string of the molecule is Cc1cc(Cl)ccc1C1(O)CN(C(=O)OC(C)(C)C)C1. The molecule has 2 rings (SSSR count). The molecule has 1 aromatic carbocycles. The molecule has 20 heavy (non-hydrogen) atoms. The van der Waals surface area contributed by atoms with E-state index >= 15 is 0 Å². The van der Waals surface area contributed by atoms with Crippen LogP contribution in [0.15, 0.2) is 18.2 Å². The number of amides is 1. The topological polar surface area (TPSA) is 49.8 Å². The summed E-state index contributed by atoms with van der Waals surface area (Å²) in [5.41, 5.74) is 0.192. The molecule has 4 nitrogen and oxygen atoms in total. The van der Waals surface area contributed by atoms with Crippen LogP contribution in [0, 0.1) is 6.92 Å². The fraction of sp³-hybridized carbons (Fsp3) is 0.533. The van der Waals surface area contributed by atoms with Crippen molar-refractivity contribution in [3.8, 4) is 0 Å². The molecule has 1 aromatic rings. The van der Waals surface area contributed by atoms with Crippen molar-refractivity contribution in [1.82, 2.24) is 4.90 Å². The van der Waals surface area contributed by atoms with Gasteiger partial charge in [0, 0.05) is 5.02 Å². The first-order valence-corrected chi connectivity index (χ1v) is 6.95. The minimum Gasteiger partial charge on any atom is -0.444 e. The Morgan fingerprint density at radius 3 is 2.50 bits per heavy atom. The van der Waals surface area contributed by atoms with E-state index in [-0.39, 0.29) is 13.1 Å². The first-order chi connectivity index (χ1) is 9.11. The zero-order valence-corrected chi connectivity index (χ0v) is 13.0. The van der Waals surface area contributed by atoms with E-state index in [0.717, 1.165) is 11.1 Å². The van der Waals surface area contributed by atoms with E-state index in [1.165, 1.54) is 4.90 Å². The van der Waals surface area contributed by atoms with Crippen molar-refractivity contribution in [1.29, 1.82) is 0 Å². The van der Waals surface area contributed by atoms with E-state index < -0.39 is 17.3 Å². The van der Waals surface area contributed by atoms with Crippen molar-refractivity contribution in [3.05, 3.63) is 34.3 Å². The van der Waals surface area contributed by atoms with Gasteiger partial charge in [-0.1, -0.05) is 17.7 Å². The van der Waals surface area contributed by atoms with Gasteiger partial charge in [0.25, 0.3) is 0 Å². The summed E-state index contributed by atoms with van der Waals surface area (Å²) in [6, 6.07) is 5.37. The van der Waals surface area contributed by atoms with Crippen LogP contribution in [0.1, 0.15) is 31.9 Å². The number of carbonyl (C=O) groups excluding carboxylic acids is 1. The standard InChI is InChI=1S/C15H20ClNO3/c1-10-7-11(16)5-6-12(10)15(19)8-17(9-15)13(18)20-14(2,3)4/h5-7,19H,8-9H2,1-4H3. The molecule has 1 N–H and O–H groups in total. The second kappa shape index (κ2) is 4.93. The van der Waals surface area contributed by atoms with Crippen LogP contribution in [0.5, 0.6) is 0 Å². The Labute approximate surface area is 124 Å². The monoisotopic (exact) mass is 297 g/mol. The van der Waals surface area contributed by atoms with Crippen LogP contribution in [0.25, 0.3) is 0 Å². The summed E-state index contributed by atoms with van der Waals surface area (Å²) >= 11 is 5.91. The van der Waals surface area contributed by atoms with Gasteiger partial charge in [-0.2, -0.15) is 0 Å². The lowest BCUT2D eigenvalue weighted by Gasteiger charge is -2.47. The molecular formula is C15H20ClNO3. The molecule has 1 saturated heterocycles. The molecule has 1 aliphatic rings. The molecule has 0 unspecified atom stereocenters. The number of likely N-dealkylation sites (tertiary alicyclic amines) is 1. The van der Waals surface area contributed by atoms with Crippen molar-refractivity contribution in [3.63, 3.8) is 0 Å². The molecule has 0 radical (unpaired) electrons. The molecule has 1 heterocycles. The summed E-state index contributed by atoms with van der Waals surface area (Å²) < 4.78 is 5.27. The van der Waals surface area contributed by atoms with Crippen LogP contribution in [0.2, 0.25) is 5.02 Å². The van der Waals surface area contributed by atoms with E-state index in [9.17, 15) is 9.90 Å². The molecule has 0 aromatic heterocycles. The van der Waals surface area contributed by atoms with Gasteiger partial charge in [-0.25, -0.2) is 4.79 Å². The summed E-state index contributed by atoms with van der Waals surface area (Å²) in [6.07, 6.45) is -0.395. The Bertz CT molecular complexity index is 530. The zero-order chi connectivity index (χ0) is 15.1. The molecule has 0 bridgehead atoms. The van der Waals surface area contributed by atoms with Crippen molar-refractivity contribution in [2.24, 2.45) is 0 Å². The summed E-state index contributed by atoms with van der Waals surface area (Å²) in [6.45, 7) is 7.84. The number of carbonyl (C=O) groups is 1. The van der Waals surface area contributed by atoms with Crippen LogP contribution in [0.4, 0.5) is 4.79 Å². The number of rotatable bonds is 1. The molecule has 1 aliphatic heterocycles. The van der Waals surface area contributed by atoms with Gasteiger partial charge in [-0.15, -0.1) is 0 Å². The Morgan fingerprint density at radius 2 is 2.00 bits per heavy atom. The predicted octanol–water partition coefficient (Wildman–Crippen LogP) is 3.09. The highest BCUT2D eigenvalue weighted by Crippen LogP contribution is 2.35. The second-order valence-electron chi connectivity index (χ2n) is 6.33. The molecule has 0 atom stereocenters. The predicted molar refractivity (Wildman–Crippen MR) is 77.9 cm³/mol. The minimum atomic E-state index is -1.01. The smallest absolute Gasteiger partial charge is 0.410 e. The molecular weight excluding hydrogens is 278 g/mol. The maximum absolute atomic E-state index is 11.9. The number of β-amino-alcohol motifs (C(OH)–C–C–N with tert-alkyl or cyclic N) is 1. The van der Waals surface area contributed by atoms with Gasteiger partial charge in [0.1, 0.15) is 11.2 Å². The number of hydrogen-bond donors (Lipinski definition) is 1. The highest BCUT2D eigenvalue weighted by molar-refractivity contribution is 6.30. The van der Waals surface area contributed by atoms with Gasteiger partial charge >= 0.3 is 6.09 Å². The van der Waals surface area contributed by atoms with Crippen molar-refractivity contribution >= 4 is 17.7 Å². The molecule has 0 saturated carbocycles. The lowest BCUT2D eigenvalue weighted by Crippen LogP contribution is -2.62. The van der Waals surface area contributed by atoms with Gasteiger partial charge in [0.05, 0.1) is 13.1 Å². The van der Waals surface area contributed by atoms with E-state index in [0.29, 0.717) is 5.02 Å². The Morgan fingerprint density at radius 1 is 1.40 bits per heavy atom. The molecule has 5 heteroatoms. The number of aliphatic hydroxyl groups is 1. The molecule has 1 amide bonds. The third kappa shape index (κ3) is 3.07. The minimum absolute atomic E-state index is 0.240. The number of nitrogens with zero attached hydrogens (tertiary/aromatic N) is 1. The average Bonchev–Trinajstić information content (AvgIpc) is 2.22. The van der Waals surface area contributed by atoms with Crippen molar-refractivity contribution < 1.29 is 14.6 Å². The number of halogens is 1. The van der Waals surface area contributed by atoms with Crippen LogP contribution >= 0.6 is 11.6 Å². The quantitative estimate of drug-likeness (QED) is 0.866. The van der Waals surface area contributed by atoms with E-state index in [2.05, 4.69) is 0 Å². The van der Waals surface area contributed by atoms with Crippen LogP contribution < -0.4 is 0 Å². The molecule has 110 valence electrons. The molecule has 0 spiro atoms. The maximum Gasteiger partial charge on any atom is 0.410 e. The fourth-order valence-electron chi connectivity index (χ4n) is 2.36. The van der Waals surface area contributed by atoms with Gasteiger partial charge in [0.2, 0.25) is 0 Å². The highest BCUT2D eigenvalue weighted by Gasteiger charge is 2.47. The van der Waals surface area contributed by atoms with Gasteiger partial charge in [-0.3, -0.25) is 0 Å². The van der Waals surface area contributed by atoms with Gasteiger partial charge < -0.3 is 14.7 Å². The van der Waals surface area contributed by atoms with E-state index in [1.54, 1.807) is 6.07 Å². The zero-order valence-electron chi connectivity index (χ0n) is 12.2. The van der Waals surface area contributed by atoms with Crippen molar-refractivity contribution in [2.45, 2.75) is 38.9 Å². The summed E-state index contributed by atoms with van der Waals surface area (Å²) in [5, 5.41) is 11.2. The largest absolute Gasteiger partial charge is 0.444 e.